The second-order valence-corrected chi connectivity index (χ2v) is 6.00. The van der Waals surface area contributed by atoms with Crippen molar-refractivity contribution in [2.45, 2.75) is 68.9 Å². The zero-order valence-corrected chi connectivity index (χ0v) is 14.2. The highest BCUT2D eigenvalue weighted by Crippen LogP contribution is 2.31. The smallest absolute Gasteiger partial charge is 0.187 e. The molecular formula is C16H30O6. The first-order valence-corrected chi connectivity index (χ1v) is 8.13. The molecule has 0 bridgehead atoms. The van der Waals surface area contributed by atoms with Gasteiger partial charge in [-0.2, -0.15) is 0 Å². The largest absolute Gasteiger partial charge is 0.382 e. The number of hydrogen-bond donors (Lipinski definition) is 0. The monoisotopic (exact) mass is 318 g/mol. The Morgan fingerprint density at radius 3 is 2.00 bits per heavy atom. The zero-order chi connectivity index (χ0) is 15.9. The van der Waals surface area contributed by atoms with Gasteiger partial charge in [0.2, 0.25) is 0 Å². The molecule has 1 heterocycles. The van der Waals surface area contributed by atoms with Crippen molar-refractivity contribution in [1.82, 2.24) is 0 Å². The van der Waals surface area contributed by atoms with Crippen LogP contribution in [0.1, 0.15) is 32.1 Å². The molecule has 0 aromatic carbocycles. The molecule has 1 saturated heterocycles. The summed E-state index contributed by atoms with van der Waals surface area (Å²) in [6, 6.07) is 0. The van der Waals surface area contributed by atoms with E-state index in [2.05, 4.69) is 0 Å². The second kappa shape index (κ2) is 9.15. The van der Waals surface area contributed by atoms with Crippen LogP contribution < -0.4 is 0 Å². The summed E-state index contributed by atoms with van der Waals surface area (Å²) < 4.78 is 34.4. The fourth-order valence-corrected chi connectivity index (χ4v) is 3.48. The minimum Gasteiger partial charge on any atom is -0.382 e. The first-order chi connectivity index (χ1) is 10.7. The lowest BCUT2D eigenvalue weighted by Gasteiger charge is -2.45. The Morgan fingerprint density at radius 1 is 0.818 bits per heavy atom. The second-order valence-electron chi connectivity index (χ2n) is 6.00. The molecule has 2 fully saturated rings. The number of methoxy groups -OCH3 is 4. The van der Waals surface area contributed by atoms with Crippen molar-refractivity contribution < 1.29 is 28.4 Å². The minimum atomic E-state index is -0.454. The molecule has 1 aliphatic heterocycles. The highest BCUT2D eigenvalue weighted by molar-refractivity contribution is 4.92. The van der Waals surface area contributed by atoms with E-state index in [-0.39, 0.29) is 30.5 Å². The third kappa shape index (κ3) is 4.19. The number of ether oxygens (including phenoxy) is 6. The van der Waals surface area contributed by atoms with Gasteiger partial charge in [0.25, 0.3) is 0 Å². The van der Waals surface area contributed by atoms with Gasteiger partial charge in [0.05, 0.1) is 12.7 Å². The molecule has 5 atom stereocenters. The van der Waals surface area contributed by atoms with Crippen LogP contribution in [0.5, 0.6) is 0 Å². The average Bonchev–Trinajstić information content (AvgIpc) is 2.55. The Bertz CT molecular complexity index is 307. The van der Waals surface area contributed by atoms with Crippen LogP contribution in [0.4, 0.5) is 0 Å². The topological polar surface area (TPSA) is 55.4 Å². The van der Waals surface area contributed by atoms with Gasteiger partial charge in [-0.15, -0.1) is 0 Å². The molecule has 0 radical (unpaired) electrons. The van der Waals surface area contributed by atoms with Gasteiger partial charge < -0.3 is 28.4 Å². The predicted molar refractivity (Wildman–Crippen MR) is 80.9 cm³/mol. The van der Waals surface area contributed by atoms with E-state index in [0.29, 0.717) is 6.61 Å². The minimum absolute atomic E-state index is 0.233. The third-order valence-corrected chi connectivity index (χ3v) is 4.62. The summed E-state index contributed by atoms with van der Waals surface area (Å²) in [4.78, 5) is 0. The summed E-state index contributed by atoms with van der Waals surface area (Å²) >= 11 is 0. The fourth-order valence-electron chi connectivity index (χ4n) is 3.48. The van der Waals surface area contributed by atoms with Crippen molar-refractivity contribution >= 4 is 0 Å². The van der Waals surface area contributed by atoms with Gasteiger partial charge in [0, 0.05) is 28.4 Å². The van der Waals surface area contributed by atoms with Crippen molar-refractivity contribution in [1.29, 1.82) is 0 Å². The van der Waals surface area contributed by atoms with Crippen LogP contribution in [0.3, 0.4) is 0 Å². The van der Waals surface area contributed by atoms with Crippen LogP contribution in [0.25, 0.3) is 0 Å². The molecule has 0 aromatic rings. The van der Waals surface area contributed by atoms with Gasteiger partial charge in [-0.05, 0) is 12.8 Å². The van der Waals surface area contributed by atoms with Crippen molar-refractivity contribution in [2.24, 2.45) is 0 Å². The molecule has 0 aromatic heterocycles. The summed E-state index contributed by atoms with van der Waals surface area (Å²) in [6.07, 6.45) is 4.60. The Hall–Kier alpha value is -0.240. The maximum Gasteiger partial charge on any atom is 0.187 e. The molecule has 0 amide bonds. The van der Waals surface area contributed by atoms with Gasteiger partial charge >= 0.3 is 0 Å². The molecule has 0 spiro atoms. The molecule has 2 rings (SSSR count). The third-order valence-electron chi connectivity index (χ3n) is 4.62. The molecule has 22 heavy (non-hydrogen) atoms. The first-order valence-electron chi connectivity index (χ1n) is 8.13. The maximum atomic E-state index is 6.20. The van der Waals surface area contributed by atoms with E-state index in [1.54, 1.807) is 28.4 Å². The number of rotatable bonds is 7. The molecule has 2 aliphatic rings. The van der Waals surface area contributed by atoms with E-state index < -0.39 is 6.29 Å². The van der Waals surface area contributed by atoms with E-state index in [1.807, 2.05) is 0 Å². The molecule has 0 unspecified atom stereocenters. The Balaban J connectivity index is 2.08. The maximum absolute atomic E-state index is 6.20. The quantitative estimate of drug-likeness (QED) is 0.713. The summed E-state index contributed by atoms with van der Waals surface area (Å²) in [5.74, 6) is 0. The van der Waals surface area contributed by atoms with Crippen LogP contribution in [0.15, 0.2) is 0 Å². The molecule has 1 aliphatic carbocycles. The van der Waals surface area contributed by atoms with E-state index in [9.17, 15) is 0 Å². The van der Waals surface area contributed by atoms with E-state index >= 15 is 0 Å². The molecule has 6 heteroatoms. The Labute approximate surface area is 133 Å². The standard InChI is InChI=1S/C16H30O6/c1-17-10-12-13(18-2)14(19-3)15(20-4)16(22-12)21-11-8-6-5-7-9-11/h11-16H,5-10H2,1-4H3/t12-,13+,14+,15-,16+/m0/s1. The van der Waals surface area contributed by atoms with Crippen LogP contribution in [0, 0.1) is 0 Å². The normalized spacial score (nSPS) is 37.4. The van der Waals surface area contributed by atoms with Gasteiger partial charge in [-0.3, -0.25) is 0 Å². The summed E-state index contributed by atoms with van der Waals surface area (Å²) in [5.41, 5.74) is 0. The molecule has 6 nitrogen and oxygen atoms in total. The highest BCUT2D eigenvalue weighted by atomic mass is 16.7. The SMILES string of the molecule is COC[C@@H]1O[C@@H](OC2CCCCC2)[C@@H](OC)[C@H](OC)[C@@H]1OC. The molecular weight excluding hydrogens is 288 g/mol. The van der Waals surface area contributed by atoms with Crippen LogP contribution >= 0.6 is 0 Å². The highest BCUT2D eigenvalue weighted by Gasteiger charge is 2.48. The van der Waals surface area contributed by atoms with E-state index in [0.717, 1.165) is 12.8 Å². The average molecular weight is 318 g/mol. The molecule has 1 saturated carbocycles. The van der Waals surface area contributed by atoms with Gasteiger partial charge in [-0.1, -0.05) is 19.3 Å². The van der Waals surface area contributed by atoms with E-state index in [1.165, 1.54) is 19.3 Å². The Morgan fingerprint density at radius 2 is 1.45 bits per heavy atom. The molecule has 130 valence electrons. The van der Waals surface area contributed by atoms with Gasteiger partial charge in [0.15, 0.2) is 6.29 Å². The lowest BCUT2D eigenvalue weighted by Crippen LogP contribution is -2.61. The summed E-state index contributed by atoms with van der Waals surface area (Å²) in [7, 11) is 6.62. The van der Waals surface area contributed by atoms with Crippen molar-refractivity contribution in [3.05, 3.63) is 0 Å². The van der Waals surface area contributed by atoms with Gasteiger partial charge in [0.1, 0.15) is 24.4 Å². The van der Waals surface area contributed by atoms with Crippen LogP contribution in [-0.4, -0.2) is 71.9 Å². The molecule has 0 N–H and O–H groups in total. The fraction of sp³-hybridized carbons (Fsp3) is 1.00. The summed E-state index contributed by atoms with van der Waals surface area (Å²) in [6.45, 7) is 0.430. The number of hydrogen-bond acceptors (Lipinski definition) is 6. The Kier molecular flexibility index (Phi) is 7.53. The first kappa shape index (κ1) is 18.1. The van der Waals surface area contributed by atoms with Crippen molar-refractivity contribution in [3.8, 4) is 0 Å². The zero-order valence-electron chi connectivity index (χ0n) is 14.2. The lowest BCUT2D eigenvalue weighted by atomic mass is 9.96. The van der Waals surface area contributed by atoms with E-state index in [4.69, 9.17) is 28.4 Å². The van der Waals surface area contributed by atoms with Crippen molar-refractivity contribution in [3.63, 3.8) is 0 Å². The summed E-state index contributed by atoms with van der Waals surface area (Å²) in [5, 5.41) is 0. The predicted octanol–water partition coefficient (Wildman–Crippen LogP) is 1.75. The van der Waals surface area contributed by atoms with Crippen molar-refractivity contribution in [2.75, 3.05) is 35.0 Å². The van der Waals surface area contributed by atoms with Crippen LogP contribution in [-0.2, 0) is 28.4 Å². The van der Waals surface area contributed by atoms with Crippen LogP contribution in [0.2, 0.25) is 0 Å². The lowest BCUT2D eigenvalue weighted by molar-refractivity contribution is -0.323. The van der Waals surface area contributed by atoms with Gasteiger partial charge in [-0.25, -0.2) is 0 Å².